The van der Waals surface area contributed by atoms with Gasteiger partial charge in [-0.25, -0.2) is 4.98 Å². The predicted molar refractivity (Wildman–Crippen MR) is 100 cm³/mol. The van der Waals surface area contributed by atoms with Gasteiger partial charge >= 0.3 is 0 Å². The van der Waals surface area contributed by atoms with Gasteiger partial charge in [0.15, 0.2) is 0 Å². The smallest absolute Gasteiger partial charge is 0.129 e. The molecule has 4 heteroatoms. The number of hydrogen-bond acceptors (Lipinski definition) is 3. The molecule has 0 N–H and O–H groups in total. The van der Waals surface area contributed by atoms with Crippen molar-refractivity contribution in [3.8, 4) is 0 Å². The lowest BCUT2D eigenvalue weighted by molar-refractivity contribution is 0.124. The van der Waals surface area contributed by atoms with E-state index in [0.29, 0.717) is 11.2 Å². The molecule has 1 aromatic carbocycles. The van der Waals surface area contributed by atoms with Crippen LogP contribution in [0.2, 0.25) is 5.15 Å². The molecule has 0 spiro atoms. The number of benzene rings is 1. The second-order valence-corrected chi connectivity index (χ2v) is 7.10. The average molecular weight is 344 g/mol. The van der Waals surface area contributed by atoms with Gasteiger partial charge in [0.25, 0.3) is 0 Å². The van der Waals surface area contributed by atoms with Crippen molar-refractivity contribution in [3.63, 3.8) is 0 Å². The molecule has 2 heterocycles. The molecule has 128 valence electrons. The molecule has 0 bridgehead atoms. The van der Waals surface area contributed by atoms with E-state index in [2.05, 4.69) is 58.2 Å². The van der Waals surface area contributed by atoms with Gasteiger partial charge in [-0.15, -0.1) is 0 Å². The van der Waals surface area contributed by atoms with E-state index in [4.69, 9.17) is 11.6 Å². The van der Waals surface area contributed by atoms with Gasteiger partial charge in [-0.1, -0.05) is 48.0 Å². The zero-order valence-corrected chi connectivity index (χ0v) is 15.1. The molecular formula is C20H26ClN3. The number of pyridine rings is 1. The summed E-state index contributed by atoms with van der Waals surface area (Å²) in [6, 6.07) is 15.4. The Morgan fingerprint density at radius 1 is 1.08 bits per heavy atom. The van der Waals surface area contributed by atoms with Crippen LogP contribution in [-0.4, -0.2) is 47.5 Å². The van der Waals surface area contributed by atoms with Crippen molar-refractivity contribution >= 4 is 11.6 Å². The van der Waals surface area contributed by atoms with Crippen LogP contribution in [0.4, 0.5) is 0 Å². The Morgan fingerprint density at radius 3 is 2.50 bits per heavy atom. The quantitative estimate of drug-likeness (QED) is 0.742. The van der Waals surface area contributed by atoms with Gasteiger partial charge in [0.05, 0.1) is 0 Å². The molecule has 0 amide bonds. The molecule has 3 rings (SSSR count). The third-order valence-electron chi connectivity index (χ3n) is 4.97. The standard InChI is InChI=1S/C20H26ClN3/c1-23(12-9-17-5-3-2-4-6-17)19-10-13-24(14-11-19)16-18-7-8-20(21)22-15-18/h2-8,15,19H,9-14,16H2,1H3. The third-order valence-corrected chi connectivity index (χ3v) is 5.19. The van der Waals surface area contributed by atoms with E-state index in [1.807, 2.05) is 12.3 Å². The van der Waals surface area contributed by atoms with E-state index in [1.165, 1.54) is 24.0 Å². The first-order valence-electron chi connectivity index (χ1n) is 8.77. The number of aromatic nitrogens is 1. The Bertz CT molecular complexity index is 607. The van der Waals surface area contributed by atoms with Gasteiger partial charge < -0.3 is 4.90 Å². The van der Waals surface area contributed by atoms with Crippen LogP contribution in [0.3, 0.4) is 0 Å². The molecular weight excluding hydrogens is 318 g/mol. The zero-order chi connectivity index (χ0) is 16.8. The number of piperidine rings is 1. The highest BCUT2D eigenvalue weighted by molar-refractivity contribution is 6.29. The summed E-state index contributed by atoms with van der Waals surface area (Å²) in [6.45, 7) is 4.42. The number of likely N-dealkylation sites (tertiary alicyclic amines) is 1. The molecule has 0 saturated carbocycles. The molecule has 0 atom stereocenters. The van der Waals surface area contributed by atoms with Crippen LogP contribution < -0.4 is 0 Å². The minimum absolute atomic E-state index is 0.567. The van der Waals surface area contributed by atoms with Crippen molar-refractivity contribution in [2.45, 2.75) is 31.8 Å². The highest BCUT2D eigenvalue weighted by Crippen LogP contribution is 2.18. The fourth-order valence-electron chi connectivity index (χ4n) is 3.41. The Kier molecular flexibility index (Phi) is 6.24. The van der Waals surface area contributed by atoms with E-state index in [-0.39, 0.29) is 0 Å². The Balaban J connectivity index is 1.41. The first kappa shape index (κ1) is 17.4. The van der Waals surface area contributed by atoms with Crippen LogP contribution in [0.15, 0.2) is 48.7 Å². The van der Waals surface area contributed by atoms with E-state index in [1.54, 1.807) is 0 Å². The molecule has 1 aliphatic rings. The molecule has 0 aliphatic carbocycles. The molecule has 1 fully saturated rings. The third kappa shape index (κ3) is 5.04. The summed E-state index contributed by atoms with van der Waals surface area (Å²) in [4.78, 5) is 9.23. The summed E-state index contributed by atoms with van der Waals surface area (Å²) in [5.41, 5.74) is 2.67. The molecule has 1 aliphatic heterocycles. The number of hydrogen-bond donors (Lipinski definition) is 0. The van der Waals surface area contributed by atoms with E-state index in [9.17, 15) is 0 Å². The summed E-state index contributed by atoms with van der Waals surface area (Å²) in [5, 5.41) is 0.567. The molecule has 2 aromatic rings. The number of halogens is 1. The number of rotatable bonds is 6. The highest BCUT2D eigenvalue weighted by Gasteiger charge is 2.22. The summed E-state index contributed by atoms with van der Waals surface area (Å²) in [5.74, 6) is 0. The monoisotopic (exact) mass is 343 g/mol. The van der Waals surface area contributed by atoms with Crippen LogP contribution in [0, 0.1) is 0 Å². The van der Waals surface area contributed by atoms with Crippen molar-refractivity contribution in [2.24, 2.45) is 0 Å². The maximum absolute atomic E-state index is 5.85. The lowest BCUT2D eigenvalue weighted by Crippen LogP contribution is -2.43. The van der Waals surface area contributed by atoms with Crippen LogP contribution >= 0.6 is 11.6 Å². The van der Waals surface area contributed by atoms with Crippen LogP contribution in [0.25, 0.3) is 0 Å². The van der Waals surface area contributed by atoms with E-state index < -0.39 is 0 Å². The topological polar surface area (TPSA) is 19.4 Å². The van der Waals surface area contributed by atoms with Gasteiger partial charge in [0.2, 0.25) is 0 Å². The minimum Gasteiger partial charge on any atom is -0.303 e. The molecule has 1 saturated heterocycles. The minimum atomic E-state index is 0.567. The van der Waals surface area contributed by atoms with E-state index >= 15 is 0 Å². The second kappa shape index (κ2) is 8.61. The summed E-state index contributed by atoms with van der Waals surface area (Å²) in [7, 11) is 2.27. The van der Waals surface area contributed by atoms with Gasteiger partial charge in [-0.2, -0.15) is 0 Å². The van der Waals surface area contributed by atoms with Crippen LogP contribution in [0.1, 0.15) is 24.0 Å². The summed E-state index contributed by atoms with van der Waals surface area (Å²) in [6.07, 6.45) is 5.51. The van der Waals surface area contributed by atoms with Crippen molar-refractivity contribution in [1.82, 2.24) is 14.8 Å². The first-order valence-corrected chi connectivity index (χ1v) is 9.15. The SMILES string of the molecule is CN(CCc1ccccc1)C1CCN(Cc2ccc(Cl)nc2)CC1. The van der Waals surface area contributed by atoms with Gasteiger partial charge in [0, 0.05) is 25.3 Å². The van der Waals surface area contributed by atoms with Gasteiger partial charge in [-0.05, 0) is 56.6 Å². The summed E-state index contributed by atoms with van der Waals surface area (Å²) >= 11 is 5.85. The van der Waals surface area contributed by atoms with Crippen molar-refractivity contribution in [2.75, 3.05) is 26.7 Å². The molecule has 1 aromatic heterocycles. The predicted octanol–water partition coefficient (Wildman–Crippen LogP) is 3.87. The van der Waals surface area contributed by atoms with E-state index in [0.717, 1.165) is 32.6 Å². The number of likely N-dealkylation sites (N-methyl/N-ethyl adjacent to an activating group) is 1. The normalized spacial score (nSPS) is 16.6. The largest absolute Gasteiger partial charge is 0.303 e. The van der Waals surface area contributed by atoms with Crippen molar-refractivity contribution in [1.29, 1.82) is 0 Å². The number of nitrogens with zero attached hydrogens (tertiary/aromatic N) is 3. The second-order valence-electron chi connectivity index (χ2n) is 6.71. The Hall–Kier alpha value is -1.42. The first-order chi connectivity index (χ1) is 11.7. The fourth-order valence-corrected chi connectivity index (χ4v) is 3.52. The lowest BCUT2D eigenvalue weighted by atomic mass is 10.0. The van der Waals surface area contributed by atoms with Crippen LogP contribution in [-0.2, 0) is 13.0 Å². The molecule has 3 nitrogen and oxygen atoms in total. The maximum Gasteiger partial charge on any atom is 0.129 e. The Labute approximate surface area is 150 Å². The van der Waals surface area contributed by atoms with Gasteiger partial charge in [0.1, 0.15) is 5.15 Å². The molecule has 0 unspecified atom stereocenters. The zero-order valence-electron chi connectivity index (χ0n) is 14.4. The molecule has 0 radical (unpaired) electrons. The van der Waals surface area contributed by atoms with Crippen molar-refractivity contribution < 1.29 is 0 Å². The average Bonchev–Trinajstić information content (AvgIpc) is 2.63. The highest BCUT2D eigenvalue weighted by atomic mass is 35.5. The Morgan fingerprint density at radius 2 is 1.83 bits per heavy atom. The van der Waals surface area contributed by atoms with Crippen molar-refractivity contribution in [3.05, 3.63) is 64.9 Å². The van der Waals surface area contributed by atoms with Gasteiger partial charge in [-0.3, -0.25) is 4.90 Å². The van der Waals surface area contributed by atoms with Crippen LogP contribution in [0.5, 0.6) is 0 Å². The lowest BCUT2D eigenvalue weighted by Gasteiger charge is -2.36. The maximum atomic E-state index is 5.85. The molecule has 24 heavy (non-hydrogen) atoms. The fraction of sp³-hybridized carbons (Fsp3) is 0.450. The summed E-state index contributed by atoms with van der Waals surface area (Å²) < 4.78 is 0.